The minimum Gasteiger partial charge on any atom is -0.497 e. The van der Waals surface area contributed by atoms with Gasteiger partial charge in [0.05, 0.1) is 7.11 Å². The van der Waals surface area contributed by atoms with Gasteiger partial charge in [0.25, 0.3) is 0 Å². The Bertz CT molecular complexity index is 935. The molecule has 27 heavy (non-hydrogen) atoms. The van der Waals surface area contributed by atoms with Gasteiger partial charge >= 0.3 is 0 Å². The van der Waals surface area contributed by atoms with E-state index < -0.39 is 0 Å². The van der Waals surface area contributed by atoms with Gasteiger partial charge in [-0.2, -0.15) is 0 Å². The first kappa shape index (κ1) is 18.2. The Morgan fingerprint density at radius 3 is 2.33 bits per heavy atom. The number of carbonyl (C=O) groups excluding carboxylic acids is 1. The lowest BCUT2D eigenvalue weighted by Crippen LogP contribution is -1.96. The third kappa shape index (κ3) is 5.19. The Morgan fingerprint density at radius 2 is 1.63 bits per heavy atom. The second kappa shape index (κ2) is 8.67. The zero-order valence-corrected chi connectivity index (χ0v) is 14.7. The summed E-state index contributed by atoms with van der Waals surface area (Å²) in [5.41, 5.74) is 1.23. The van der Waals surface area contributed by atoms with Crippen molar-refractivity contribution in [2.24, 2.45) is 0 Å². The molecule has 4 nitrogen and oxygen atoms in total. The fourth-order valence-corrected chi connectivity index (χ4v) is 2.34. The van der Waals surface area contributed by atoms with Crippen molar-refractivity contribution in [3.05, 3.63) is 96.5 Å². The molecule has 0 saturated heterocycles. The first-order valence-electron chi connectivity index (χ1n) is 8.29. The summed E-state index contributed by atoms with van der Waals surface area (Å²) in [6, 6.07) is 20.1. The predicted molar refractivity (Wildman–Crippen MR) is 103 cm³/mol. The molecule has 0 aromatic heterocycles. The maximum Gasteiger partial charge on any atom is 0.187 e. The molecule has 0 heterocycles. The summed E-state index contributed by atoms with van der Waals surface area (Å²) in [5, 5.41) is 3.02. The normalized spacial score (nSPS) is 10.6. The van der Waals surface area contributed by atoms with Crippen molar-refractivity contribution in [3.63, 3.8) is 0 Å². The number of hydrogen-bond acceptors (Lipinski definition) is 4. The molecule has 0 spiro atoms. The van der Waals surface area contributed by atoms with Crippen LogP contribution in [0.4, 0.5) is 10.1 Å². The number of hydrogen-bond donors (Lipinski definition) is 1. The molecule has 136 valence electrons. The van der Waals surface area contributed by atoms with Gasteiger partial charge in [0.15, 0.2) is 5.78 Å². The highest BCUT2D eigenvalue weighted by Gasteiger charge is 2.02. The van der Waals surface area contributed by atoms with Crippen LogP contribution in [-0.2, 0) is 0 Å². The van der Waals surface area contributed by atoms with Crippen molar-refractivity contribution < 1.29 is 18.7 Å². The van der Waals surface area contributed by atoms with Gasteiger partial charge in [-0.3, -0.25) is 4.79 Å². The third-order valence-electron chi connectivity index (χ3n) is 3.74. The fourth-order valence-electron chi connectivity index (χ4n) is 2.34. The van der Waals surface area contributed by atoms with Crippen LogP contribution in [0.5, 0.6) is 17.2 Å². The van der Waals surface area contributed by atoms with E-state index in [4.69, 9.17) is 9.47 Å². The van der Waals surface area contributed by atoms with Crippen LogP contribution >= 0.6 is 0 Å². The summed E-state index contributed by atoms with van der Waals surface area (Å²) in [6.07, 6.45) is 2.94. The first-order valence-corrected chi connectivity index (χ1v) is 8.29. The van der Waals surface area contributed by atoms with E-state index in [-0.39, 0.29) is 11.6 Å². The topological polar surface area (TPSA) is 47.6 Å². The Kier molecular flexibility index (Phi) is 5.84. The standard InChI is InChI=1S/C22H18FNO3/c1-26-20-3-2-4-21(15-20)27-19-11-9-18(10-12-19)24-14-13-22(25)16-5-7-17(23)8-6-16/h2-15,24H,1H3. The molecule has 3 rings (SSSR count). The van der Waals surface area contributed by atoms with E-state index in [0.29, 0.717) is 17.1 Å². The highest BCUT2D eigenvalue weighted by molar-refractivity contribution is 6.04. The van der Waals surface area contributed by atoms with Gasteiger partial charge in [0.1, 0.15) is 23.1 Å². The Hall–Kier alpha value is -3.60. The van der Waals surface area contributed by atoms with Crippen molar-refractivity contribution in [1.82, 2.24) is 0 Å². The van der Waals surface area contributed by atoms with E-state index in [1.807, 2.05) is 42.5 Å². The molecule has 0 bridgehead atoms. The molecule has 3 aromatic carbocycles. The van der Waals surface area contributed by atoms with Crippen LogP contribution in [0, 0.1) is 5.82 Å². The summed E-state index contributed by atoms with van der Waals surface area (Å²) < 4.78 is 23.8. The Morgan fingerprint density at radius 1 is 0.926 bits per heavy atom. The summed E-state index contributed by atoms with van der Waals surface area (Å²) in [6.45, 7) is 0. The quantitative estimate of drug-likeness (QED) is 0.449. The summed E-state index contributed by atoms with van der Waals surface area (Å²) in [7, 11) is 1.61. The molecule has 0 atom stereocenters. The second-order valence-corrected chi connectivity index (χ2v) is 5.65. The van der Waals surface area contributed by atoms with Crippen molar-refractivity contribution in [1.29, 1.82) is 0 Å². The number of methoxy groups -OCH3 is 1. The number of allylic oxidation sites excluding steroid dienone is 1. The van der Waals surface area contributed by atoms with Crippen LogP contribution in [0.3, 0.4) is 0 Å². The lowest BCUT2D eigenvalue weighted by Gasteiger charge is -2.08. The first-order chi connectivity index (χ1) is 13.1. The number of ether oxygens (including phenoxy) is 2. The number of benzene rings is 3. The number of carbonyl (C=O) groups is 1. The molecule has 1 N–H and O–H groups in total. The second-order valence-electron chi connectivity index (χ2n) is 5.65. The average Bonchev–Trinajstić information content (AvgIpc) is 2.70. The van der Waals surface area contributed by atoms with Gasteiger partial charge in [-0.25, -0.2) is 4.39 Å². The SMILES string of the molecule is COc1cccc(Oc2ccc(NC=CC(=O)c3ccc(F)cc3)cc2)c1. The van der Waals surface area contributed by atoms with Gasteiger partial charge < -0.3 is 14.8 Å². The summed E-state index contributed by atoms with van der Waals surface area (Å²) in [5.74, 6) is 1.51. The zero-order chi connectivity index (χ0) is 19.1. The monoisotopic (exact) mass is 363 g/mol. The van der Waals surface area contributed by atoms with Gasteiger partial charge in [-0.1, -0.05) is 6.07 Å². The van der Waals surface area contributed by atoms with Crippen molar-refractivity contribution in [2.75, 3.05) is 12.4 Å². The molecule has 0 aliphatic carbocycles. The van der Waals surface area contributed by atoms with Crippen LogP contribution in [0.2, 0.25) is 0 Å². The molecule has 5 heteroatoms. The lowest BCUT2D eigenvalue weighted by atomic mass is 10.1. The lowest BCUT2D eigenvalue weighted by molar-refractivity contribution is 0.104. The zero-order valence-electron chi connectivity index (χ0n) is 14.7. The molecule has 0 amide bonds. The number of ketones is 1. The Balaban J connectivity index is 1.57. The van der Waals surface area contributed by atoms with E-state index in [1.165, 1.54) is 30.3 Å². The van der Waals surface area contributed by atoms with E-state index in [0.717, 1.165) is 11.4 Å². The van der Waals surface area contributed by atoms with Crippen LogP contribution < -0.4 is 14.8 Å². The maximum atomic E-state index is 12.9. The van der Waals surface area contributed by atoms with E-state index >= 15 is 0 Å². The molecule has 0 unspecified atom stereocenters. The molecule has 0 saturated carbocycles. The minimum atomic E-state index is -0.370. The highest BCUT2D eigenvalue weighted by atomic mass is 19.1. The van der Waals surface area contributed by atoms with Gasteiger partial charge in [0, 0.05) is 29.6 Å². The highest BCUT2D eigenvalue weighted by Crippen LogP contribution is 2.26. The van der Waals surface area contributed by atoms with E-state index in [1.54, 1.807) is 19.4 Å². The third-order valence-corrected chi connectivity index (χ3v) is 3.74. The van der Waals surface area contributed by atoms with Crippen LogP contribution in [0.15, 0.2) is 85.1 Å². The molecular weight excluding hydrogens is 345 g/mol. The summed E-state index contributed by atoms with van der Waals surface area (Å²) in [4.78, 5) is 12.0. The molecular formula is C22H18FNO3. The number of nitrogens with one attached hydrogen (secondary N) is 1. The van der Waals surface area contributed by atoms with E-state index in [9.17, 15) is 9.18 Å². The van der Waals surface area contributed by atoms with Crippen molar-refractivity contribution in [2.45, 2.75) is 0 Å². The minimum absolute atomic E-state index is 0.208. The van der Waals surface area contributed by atoms with Crippen molar-refractivity contribution >= 4 is 11.5 Å². The molecule has 0 aliphatic heterocycles. The molecule has 3 aromatic rings. The molecule has 0 aliphatic rings. The summed E-state index contributed by atoms with van der Waals surface area (Å²) >= 11 is 0. The maximum absolute atomic E-state index is 12.9. The van der Waals surface area contributed by atoms with Crippen LogP contribution in [-0.4, -0.2) is 12.9 Å². The smallest absolute Gasteiger partial charge is 0.187 e. The van der Waals surface area contributed by atoms with Gasteiger partial charge in [-0.05, 0) is 60.7 Å². The molecule has 0 fully saturated rings. The van der Waals surface area contributed by atoms with Crippen LogP contribution in [0.25, 0.3) is 0 Å². The molecule has 0 radical (unpaired) electrons. The predicted octanol–water partition coefficient (Wildman–Crippen LogP) is 5.44. The van der Waals surface area contributed by atoms with Crippen molar-refractivity contribution in [3.8, 4) is 17.2 Å². The number of rotatable bonds is 7. The Labute approximate surface area is 156 Å². The van der Waals surface area contributed by atoms with Crippen LogP contribution in [0.1, 0.15) is 10.4 Å². The average molecular weight is 363 g/mol. The fraction of sp³-hybridized carbons (Fsp3) is 0.0455. The van der Waals surface area contributed by atoms with Gasteiger partial charge in [0.2, 0.25) is 0 Å². The largest absolute Gasteiger partial charge is 0.497 e. The number of anilines is 1. The van der Waals surface area contributed by atoms with Gasteiger partial charge in [-0.15, -0.1) is 0 Å². The number of halogens is 1. The van der Waals surface area contributed by atoms with E-state index in [2.05, 4.69) is 5.32 Å².